The number of nitrogens with one attached hydrogen (secondary N) is 4. The Labute approximate surface area is 354 Å². The first-order valence-electron chi connectivity index (χ1n) is 22.5. The highest BCUT2D eigenvalue weighted by atomic mass is 32.2. The fourth-order valence-corrected chi connectivity index (χ4v) is 13.2. The number of piperidine rings is 1. The van der Waals surface area contributed by atoms with Crippen LogP contribution in [0.15, 0.2) is 12.7 Å². The van der Waals surface area contributed by atoms with Crippen LogP contribution in [0.4, 0.5) is 0 Å². The molecule has 3 saturated carbocycles. The van der Waals surface area contributed by atoms with Crippen molar-refractivity contribution in [1.82, 2.24) is 34.8 Å². The highest BCUT2D eigenvalue weighted by Crippen LogP contribution is 2.88. The normalized spacial score (nSPS) is 33.2. The lowest BCUT2D eigenvalue weighted by atomic mass is 9.73. The summed E-state index contributed by atoms with van der Waals surface area (Å²) in [7, 11) is 0. The van der Waals surface area contributed by atoms with Gasteiger partial charge >= 0.3 is 0 Å². The zero-order chi connectivity index (χ0) is 42.7. The van der Waals surface area contributed by atoms with Gasteiger partial charge in [0.05, 0.1) is 6.04 Å². The zero-order valence-corrected chi connectivity index (χ0v) is 37.5. The number of likely N-dealkylation sites (tertiary alicyclic amines) is 2. The molecule has 4 N–H and O–H groups in total. The maximum atomic E-state index is 15.4. The number of carbonyl (C=O) groups is 5. The van der Waals surface area contributed by atoms with E-state index in [0.29, 0.717) is 58.5 Å². The van der Waals surface area contributed by atoms with Crippen LogP contribution in [0, 0.1) is 33.5 Å². The molecular weight excluding hydrogens is 771 g/mol. The molecule has 59 heavy (non-hydrogen) atoms. The third kappa shape index (κ3) is 7.70. The second-order valence-electron chi connectivity index (χ2n) is 20.7. The molecule has 8 atom stereocenters. The minimum absolute atomic E-state index is 0.0144. The van der Waals surface area contributed by atoms with E-state index in [9.17, 15) is 23.4 Å². The second kappa shape index (κ2) is 16.4. The predicted octanol–water partition coefficient (Wildman–Crippen LogP) is 3.34. The van der Waals surface area contributed by atoms with Crippen LogP contribution in [0.25, 0.3) is 0 Å². The number of fused-ring (bicyclic) bond motifs is 1. The fraction of sp³-hybridized carbons (Fsp3) is 0.841. The van der Waals surface area contributed by atoms with E-state index in [1.807, 2.05) is 20.8 Å². The van der Waals surface area contributed by atoms with Gasteiger partial charge in [-0.05, 0) is 107 Å². The summed E-state index contributed by atoms with van der Waals surface area (Å²) in [5.41, 5.74) is -2.38. The van der Waals surface area contributed by atoms with Crippen molar-refractivity contribution in [3.05, 3.63) is 12.7 Å². The lowest BCUT2D eigenvalue weighted by molar-refractivity contribution is -0.145. The first-order valence-corrected chi connectivity index (χ1v) is 23.6. The summed E-state index contributed by atoms with van der Waals surface area (Å²) in [6.45, 7) is 21.7. The quantitative estimate of drug-likeness (QED) is 0.205. The van der Waals surface area contributed by atoms with Crippen molar-refractivity contribution in [2.45, 2.75) is 161 Å². The van der Waals surface area contributed by atoms with Gasteiger partial charge in [0.1, 0.15) is 23.7 Å². The average molecular weight is 842 g/mol. The molecule has 0 aromatic rings. The Kier molecular flexibility index (Phi) is 12.3. The van der Waals surface area contributed by atoms with Crippen molar-refractivity contribution in [2.24, 2.45) is 33.5 Å². The highest BCUT2D eigenvalue weighted by molar-refractivity contribution is 7.81. The monoisotopic (exact) mass is 842 g/mol. The average Bonchev–Trinajstić information content (AvgIpc) is 3.64. The molecule has 0 radical (unpaired) electrons. The van der Waals surface area contributed by atoms with E-state index in [2.05, 4.69) is 59.8 Å². The molecule has 0 aromatic carbocycles. The zero-order valence-electron chi connectivity index (χ0n) is 36.7. The van der Waals surface area contributed by atoms with Gasteiger partial charge in [-0.25, -0.2) is 8.51 Å². The Morgan fingerprint density at radius 1 is 0.847 bits per heavy atom. The lowest BCUT2D eigenvalue weighted by Gasteiger charge is -2.40. The maximum absolute atomic E-state index is 15.4. The molecule has 3 aliphatic carbocycles. The van der Waals surface area contributed by atoms with E-state index < -0.39 is 58.0 Å². The predicted molar refractivity (Wildman–Crippen MR) is 225 cm³/mol. The van der Waals surface area contributed by atoms with Crippen LogP contribution in [0.3, 0.4) is 0 Å². The van der Waals surface area contributed by atoms with Gasteiger partial charge in [0.2, 0.25) is 23.6 Å². The standard InChI is InChI=1S/C44H71N7O7S/c1-9-30-25-44(30,39(56)48-59(57)49-20-12-13-21-49)47-36(53)32-26-43(41(7,8)42(43)18-14-19-42)27-51(32)38(55)33(29-16-23-58-24-17-29)45-37(54)34(40(4,5)6)46-35(52)31-15-10-11-22-50(31)28(2)3/h9,28-34H,1,10-27H2,2-8H3,(H,45,54)(H,46,52)(H,47,53)(H,48,56). The van der Waals surface area contributed by atoms with Crippen LogP contribution in [0.5, 0.6) is 0 Å². The van der Waals surface area contributed by atoms with Gasteiger partial charge in [-0.2, -0.15) is 0 Å². The summed E-state index contributed by atoms with van der Waals surface area (Å²) in [6, 6.07) is -2.92. The Balaban J connectivity index is 1.16. The molecule has 0 aromatic heterocycles. The van der Waals surface area contributed by atoms with Gasteiger partial charge in [0.25, 0.3) is 5.91 Å². The second-order valence-corrected chi connectivity index (χ2v) is 22.0. The summed E-state index contributed by atoms with van der Waals surface area (Å²) >= 11 is -1.73. The van der Waals surface area contributed by atoms with Gasteiger partial charge in [-0.1, -0.05) is 53.5 Å². The largest absolute Gasteiger partial charge is 0.381 e. The molecule has 4 aliphatic heterocycles. The van der Waals surface area contributed by atoms with Gasteiger partial charge in [0.15, 0.2) is 11.2 Å². The van der Waals surface area contributed by atoms with Crippen LogP contribution in [0.1, 0.15) is 126 Å². The Bertz CT molecular complexity index is 1700. The molecule has 7 fully saturated rings. The Morgan fingerprint density at radius 3 is 2.07 bits per heavy atom. The van der Waals surface area contributed by atoms with Crippen LogP contribution >= 0.6 is 0 Å². The van der Waals surface area contributed by atoms with E-state index >= 15 is 4.79 Å². The Morgan fingerprint density at radius 2 is 1.51 bits per heavy atom. The number of amides is 5. The van der Waals surface area contributed by atoms with Crippen LogP contribution in [0.2, 0.25) is 0 Å². The maximum Gasteiger partial charge on any atom is 0.259 e. The summed E-state index contributed by atoms with van der Waals surface area (Å²) in [6.07, 6.45) is 11.2. The van der Waals surface area contributed by atoms with Gasteiger partial charge in [0, 0.05) is 50.2 Å². The van der Waals surface area contributed by atoms with E-state index in [4.69, 9.17) is 4.74 Å². The molecule has 7 aliphatic rings. The minimum atomic E-state index is -1.73. The topological polar surface area (TPSA) is 169 Å². The number of hydrogen-bond donors (Lipinski definition) is 4. The molecule has 14 nitrogen and oxygen atoms in total. The van der Waals surface area contributed by atoms with E-state index in [1.54, 1.807) is 15.3 Å². The third-order valence-electron chi connectivity index (χ3n) is 16.2. The van der Waals surface area contributed by atoms with Crippen molar-refractivity contribution >= 4 is 40.7 Å². The number of hydrogen-bond acceptors (Lipinski definition) is 8. The molecule has 4 heterocycles. The first-order chi connectivity index (χ1) is 27.8. The van der Waals surface area contributed by atoms with Crippen molar-refractivity contribution in [2.75, 3.05) is 39.4 Å². The molecule has 4 saturated heterocycles. The number of nitrogens with zero attached hydrogens (tertiary/aromatic N) is 3. The summed E-state index contributed by atoms with van der Waals surface area (Å²) in [5.74, 6) is -2.45. The van der Waals surface area contributed by atoms with Gasteiger partial charge in [-0.15, -0.1) is 6.58 Å². The van der Waals surface area contributed by atoms with Crippen molar-refractivity contribution in [3.63, 3.8) is 0 Å². The van der Waals surface area contributed by atoms with Gasteiger partial charge in [-0.3, -0.25) is 33.6 Å². The molecule has 5 amide bonds. The summed E-state index contributed by atoms with van der Waals surface area (Å²) in [4.78, 5) is 76.6. The molecule has 2 spiro atoms. The van der Waals surface area contributed by atoms with Crippen LogP contribution < -0.4 is 20.7 Å². The van der Waals surface area contributed by atoms with Gasteiger partial charge < -0.3 is 25.6 Å². The van der Waals surface area contributed by atoms with Crippen molar-refractivity contribution in [3.8, 4) is 0 Å². The summed E-state index contributed by atoms with van der Waals surface area (Å²) in [5, 5.41) is 9.37. The molecule has 0 bridgehead atoms. The molecular formula is C44H71N7O7S. The van der Waals surface area contributed by atoms with Crippen LogP contribution in [-0.2, 0) is 39.9 Å². The smallest absolute Gasteiger partial charge is 0.259 e. The number of ether oxygens (including phenoxy) is 1. The van der Waals surface area contributed by atoms with E-state index in [-0.39, 0.29) is 52.0 Å². The molecule has 15 heteroatoms. The lowest BCUT2D eigenvalue weighted by Crippen LogP contribution is -2.63. The Hall–Kier alpha value is -2.88. The third-order valence-corrected chi connectivity index (χ3v) is 17.3. The van der Waals surface area contributed by atoms with Crippen molar-refractivity contribution < 1.29 is 32.9 Å². The number of carbonyl (C=O) groups excluding carboxylic acids is 5. The van der Waals surface area contributed by atoms with E-state index in [1.165, 1.54) is 0 Å². The highest BCUT2D eigenvalue weighted by Gasteiger charge is 2.85. The fourth-order valence-electron chi connectivity index (χ4n) is 12.1. The number of rotatable bonds is 13. The molecule has 330 valence electrons. The SMILES string of the molecule is C=CC1CC1(NC(=O)C1CC2(CN1C(=O)C(NC(=O)C(NC(=O)C1CCCCN1C(C)C)C(C)(C)C)C1CCOCC1)C(C)(C)C21CCC1)C(=O)NS(=O)N1CCCC1. The van der Waals surface area contributed by atoms with Crippen molar-refractivity contribution in [1.29, 1.82) is 0 Å². The van der Waals surface area contributed by atoms with Crippen LogP contribution in [-0.4, -0.2) is 123 Å². The molecule has 7 rings (SSSR count). The van der Waals surface area contributed by atoms with E-state index in [0.717, 1.165) is 57.9 Å². The molecule has 8 unspecified atom stereocenters. The minimum Gasteiger partial charge on any atom is -0.381 e. The first kappa shape index (κ1) is 44.2. The summed E-state index contributed by atoms with van der Waals surface area (Å²) < 4.78 is 23.2.